The molecule has 1 N–H and O–H groups in total. The smallest absolute Gasteiger partial charge is 0.255 e. The number of amides is 1. The Morgan fingerprint density at radius 1 is 1.33 bits per heavy atom. The molecule has 0 radical (unpaired) electrons. The summed E-state index contributed by atoms with van der Waals surface area (Å²) in [5.41, 5.74) is 0.603. The average molecular weight is 309 g/mol. The van der Waals surface area contributed by atoms with Crippen molar-refractivity contribution >= 4 is 17.2 Å². The summed E-state index contributed by atoms with van der Waals surface area (Å²) in [6.07, 6.45) is -0.531. The van der Waals surface area contributed by atoms with Gasteiger partial charge in [-0.15, -0.1) is 0 Å². The second kappa shape index (κ2) is 5.54. The van der Waals surface area contributed by atoms with E-state index in [1.165, 1.54) is 16.2 Å². The number of carbonyl (C=O) groups is 1. The third-order valence-corrected chi connectivity index (χ3v) is 4.31. The minimum Gasteiger partial charge on any atom is -0.391 e. The van der Waals surface area contributed by atoms with Crippen LogP contribution >= 0.6 is 11.3 Å². The van der Waals surface area contributed by atoms with Gasteiger partial charge in [-0.05, 0) is 36.1 Å². The number of benzene rings is 1. The van der Waals surface area contributed by atoms with Crippen molar-refractivity contribution in [1.29, 1.82) is 0 Å². The molecule has 6 heteroatoms. The Kier molecular flexibility index (Phi) is 3.73. The molecule has 0 bridgehead atoms. The van der Waals surface area contributed by atoms with Crippen LogP contribution in [0.15, 0.2) is 35.0 Å². The lowest BCUT2D eigenvalue weighted by Gasteiger charge is -2.24. The fourth-order valence-electron chi connectivity index (χ4n) is 2.66. The van der Waals surface area contributed by atoms with Crippen molar-refractivity contribution in [1.82, 2.24) is 4.90 Å². The van der Waals surface area contributed by atoms with Crippen molar-refractivity contribution < 1.29 is 18.7 Å². The highest BCUT2D eigenvalue weighted by Crippen LogP contribution is 2.35. The SMILES string of the molecule is O=C(c1ccsc1)N1C[C@@H](O)C[C@H]1c1cc(F)ccc1F. The maximum atomic E-state index is 13.9. The van der Waals surface area contributed by atoms with Crippen LogP contribution in [0.3, 0.4) is 0 Å². The van der Waals surface area contributed by atoms with E-state index in [9.17, 15) is 18.7 Å². The van der Waals surface area contributed by atoms with Gasteiger partial charge in [-0.2, -0.15) is 11.3 Å². The Hall–Kier alpha value is -1.79. The molecular weight excluding hydrogens is 296 g/mol. The minimum absolute atomic E-state index is 0.107. The molecule has 1 aliphatic rings. The normalized spacial score (nSPS) is 21.8. The molecule has 110 valence electrons. The van der Waals surface area contributed by atoms with Crippen LogP contribution in [-0.4, -0.2) is 28.6 Å². The van der Waals surface area contributed by atoms with Crippen LogP contribution in [0.25, 0.3) is 0 Å². The number of aliphatic hydroxyl groups excluding tert-OH is 1. The Morgan fingerprint density at radius 2 is 2.14 bits per heavy atom. The Balaban J connectivity index is 1.96. The van der Waals surface area contributed by atoms with Gasteiger partial charge in [0, 0.05) is 17.5 Å². The average Bonchev–Trinajstić information content (AvgIpc) is 3.10. The molecule has 1 aromatic carbocycles. The zero-order valence-electron chi connectivity index (χ0n) is 11.0. The minimum atomic E-state index is -0.736. The summed E-state index contributed by atoms with van der Waals surface area (Å²) in [6.45, 7) is 0.120. The molecule has 0 spiro atoms. The molecule has 1 amide bonds. The molecular formula is C15H13F2NO2S. The van der Waals surface area contributed by atoms with Gasteiger partial charge in [0.2, 0.25) is 0 Å². The number of likely N-dealkylation sites (tertiary alicyclic amines) is 1. The summed E-state index contributed by atoms with van der Waals surface area (Å²) in [5, 5.41) is 13.3. The monoisotopic (exact) mass is 309 g/mol. The highest BCUT2D eigenvalue weighted by Gasteiger charge is 2.37. The van der Waals surface area contributed by atoms with Gasteiger partial charge in [-0.25, -0.2) is 8.78 Å². The van der Waals surface area contributed by atoms with Crippen molar-refractivity contribution in [2.75, 3.05) is 6.54 Å². The Labute approximate surface area is 124 Å². The lowest BCUT2D eigenvalue weighted by Crippen LogP contribution is -2.31. The molecule has 1 aliphatic heterocycles. The summed E-state index contributed by atoms with van der Waals surface area (Å²) in [7, 11) is 0. The molecule has 1 fully saturated rings. The molecule has 0 saturated carbocycles. The molecule has 3 nitrogen and oxygen atoms in total. The number of halogens is 2. The summed E-state index contributed by atoms with van der Waals surface area (Å²) >= 11 is 1.39. The maximum absolute atomic E-state index is 13.9. The number of hydrogen-bond acceptors (Lipinski definition) is 3. The van der Waals surface area contributed by atoms with Gasteiger partial charge in [0.05, 0.1) is 17.7 Å². The molecule has 2 heterocycles. The summed E-state index contributed by atoms with van der Waals surface area (Å²) < 4.78 is 27.3. The van der Waals surface area contributed by atoms with Crippen LogP contribution in [0.2, 0.25) is 0 Å². The van der Waals surface area contributed by atoms with Gasteiger partial charge >= 0.3 is 0 Å². The van der Waals surface area contributed by atoms with Crippen LogP contribution in [0.1, 0.15) is 28.4 Å². The van der Waals surface area contributed by atoms with E-state index >= 15 is 0 Å². The summed E-state index contributed by atoms with van der Waals surface area (Å²) in [6, 6.07) is 4.20. The van der Waals surface area contributed by atoms with Crippen molar-refractivity contribution in [2.24, 2.45) is 0 Å². The number of rotatable bonds is 2. The van der Waals surface area contributed by atoms with Gasteiger partial charge in [-0.3, -0.25) is 4.79 Å². The lowest BCUT2D eigenvalue weighted by molar-refractivity contribution is 0.0714. The van der Waals surface area contributed by atoms with E-state index in [0.29, 0.717) is 5.56 Å². The van der Waals surface area contributed by atoms with Crippen molar-refractivity contribution in [3.05, 3.63) is 57.8 Å². The largest absolute Gasteiger partial charge is 0.391 e. The summed E-state index contributed by atoms with van der Waals surface area (Å²) in [5.74, 6) is -1.41. The fourth-order valence-corrected chi connectivity index (χ4v) is 3.28. The first-order valence-electron chi connectivity index (χ1n) is 6.52. The van der Waals surface area contributed by atoms with Crippen LogP contribution < -0.4 is 0 Å². The highest BCUT2D eigenvalue weighted by molar-refractivity contribution is 7.08. The van der Waals surface area contributed by atoms with Crippen LogP contribution in [0.4, 0.5) is 8.78 Å². The Bertz CT molecular complexity index is 660. The Morgan fingerprint density at radius 3 is 2.86 bits per heavy atom. The topological polar surface area (TPSA) is 40.5 Å². The van der Waals surface area contributed by atoms with E-state index < -0.39 is 23.8 Å². The second-order valence-electron chi connectivity index (χ2n) is 5.04. The predicted molar refractivity (Wildman–Crippen MR) is 75.1 cm³/mol. The molecule has 1 aromatic heterocycles. The lowest BCUT2D eigenvalue weighted by atomic mass is 10.0. The first kappa shape index (κ1) is 14.2. The van der Waals surface area contributed by atoms with Crippen molar-refractivity contribution in [2.45, 2.75) is 18.6 Å². The highest BCUT2D eigenvalue weighted by atomic mass is 32.1. The first-order valence-corrected chi connectivity index (χ1v) is 7.46. The van der Waals surface area contributed by atoms with Crippen LogP contribution in [-0.2, 0) is 0 Å². The standard InChI is InChI=1S/C15H13F2NO2S/c16-10-1-2-13(17)12(5-10)14-6-11(19)7-18(14)15(20)9-3-4-21-8-9/h1-5,8,11,14,19H,6-7H2/t11-,14-/m0/s1. The van der Waals surface area contributed by atoms with Crippen LogP contribution in [0.5, 0.6) is 0 Å². The number of nitrogens with zero attached hydrogens (tertiary/aromatic N) is 1. The van der Waals surface area contributed by atoms with E-state index in [0.717, 1.165) is 18.2 Å². The quantitative estimate of drug-likeness (QED) is 0.926. The van der Waals surface area contributed by atoms with Gasteiger partial charge < -0.3 is 10.0 Å². The zero-order valence-corrected chi connectivity index (χ0v) is 11.8. The number of hydrogen-bond donors (Lipinski definition) is 1. The van der Waals surface area contributed by atoms with E-state index in [4.69, 9.17) is 0 Å². The van der Waals surface area contributed by atoms with E-state index in [2.05, 4.69) is 0 Å². The number of β-amino-alcohol motifs (C(OH)–C–C–N with tert-alkyl or cyclic N) is 1. The third kappa shape index (κ3) is 2.69. The second-order valence-corrected chi connectivity index (χ2v) is 5.82. The predicted octanol–water partition coefficient (Wildman–Crippen LogP) is 2.97. The van der Waals surface area contributed by atoms with E-state index in [1.54, 1.807) is 16.8 Å². The molecule has 2 atom stereocenters. The van der Waals surface area contributed by atoms with Crippen LogP contribution in [0, 0.1) is 11.6 Å². The van der Waals surface area contributed by atoms with Gasteiger partial charge in [0.1, 0.15) is 11.6 Å². The van der Waals surface area contributed by atoms with Gasteiger partial charge in [0.15, 0.2) is 0 Å². The van der Waals surface area contributed by atoms with E-state index in [1.807, 2.05) is 0 Å². The number of carbonyl (C=O) groups excluding carboxylic acids is 1. The summed E-state index contributed by atoms with van der Waals surface area (Å²) in [4.78, 5) is 13.8. The fraction of sp³-hybridized carbons (Fsp3) is 0.267. The van der Waals surface area contributed by atoms with Crippen molar-refractivity contribution in [3.8, 4) is 0 Å². The third-order valence-electron chi connectivity index (χ3n) is 3.63. The maximum Gasteiger partial charge on any atom is 0.255 e. The van der Waals surface area contributed by atoms with Gasteiger partial charge in [0.25, 0.3) is 5.91 Å². The van der Waals surface area contributed by atoms with Crippen molar-refractivity contribution in [3.63, 3.8) is 0 Å². The molecule has 3 rings (SSSR count). The van der Waals surface area contributed by atoms with E-state index in [-0.39, 0.29) is 24.4 Å². The molecule has 0 aliphatic carbocycles. The molecule has 2 aromatic rings. The number of thiophene rings is 1. The first-order chi connectivity index (χ1) is 10.1. The molecule has 21 heavy (non-hydrogen) atoms. The number of aliphatic hydroxyl groups is 1. The van der Waals surface area contributed by atoms with Gasteiger partial charge in [-0.1, -0.05) is 0 Å². The molecule has 1 saturated heterocycles. The zero-order chi connectivity index (χ0) is 15.0. The molecule has 0 unspecified atom stereocenters.